The fourth-order valence-corrected chi connectivity index (χ4v) is 5.36. The van der Waals surface area contributed by atoms with Gasteiger partial charge in [0.2, 0.25) is 10.0 Å². The minimum atomic E-state index is -3.24. The molecule has 1 amide bonds. The van der Waals surface area contributed by atoms with Crippen molar-refractivity contribution in [2.75, 3.05) is 17.6 Å². The van der Waals surface area contributed by atoms with Gasteiger partial charge in [-0.1, -0.05) is 55.5 Å². The average molecular weight is 435 g/mol. The lowest BCUT2D eigenvalue weighted by Crippen LogP contribution is -2.37. The third kappa shape index (κ3) is 4.86. The molecular formula is C25H26N2O3S. The van der Waals surface area contributed by atoms with Gasteiger partial charge in [-0.25, -0.2) is 8.42 Å². The minimum Gasteiger partial charge on any atom is -0.322 e. The van der Waals surface area contributed by atoms with Gasteiger partial charge >= 0.3 is 0 Å². The van der Waals surface area contributed by atoms with Gasteiger partial charge in [0.25, 0.3) is 5.91 Å². The van der Waals surface area contributed by atoms with Crippen LogP contribution in [0.2, 0.25) is 0 Å². The SMILES string of the molecule is CCCS(=O)(=O)N1CCc2ccc(NC(=O)c3ccc(-c4ccccc4)cc3)cc2C1. The van der Waals surface area contributed by atoms with Crippen molar-refractivity contribution in [2.45, 2.75) is 26.3 Å². The van der Waals surface area contributed by atoms with Crippen LogP contribution in [-0.4, -0.2) is 30.9 Å². The van der Waals surface area contributed by atoms with Gasteiger partial charge < -0.3 is 5.32 Å². The zero-order valence-electron chi connectivity index (χ0n) is 17.5. The van der Waals surface area contributed by atoms with Crippen molar-refractivity contribution in [2.24, 2.45) is 0 Å². The monoisotopic (exact) mass is 434 g/mol. The molecule has 3 aromatic carbocycles. The zero-order chi connectivity index (χ0) is 21.8. The smallest absolute Gasteiger partial charge is 0.255 e. The number of sulfonamides is 1. The molecule has 0 aliphatic carbocycles. The van der Waals surface area contributed by atoms with E-state index >= 15 is 0 Å². The third-order valence-corrected chi connectivity index (χ3v) is 7.57. The van der Waals surface area contributed by atoms with E-state index in [1.807, 2.05) is 79.7 Å². The summed E-state index contributed by atoms with van der Waals surface area (Å²) in [5, 5.41) is 2.94. The molecule has 0 aromatic heterocycles. The van der Waals surface area contributed by atoms with Crippen LogP contribution in [0.3, 0.4) is 0 Å². The quantitative estimate of drug-likeness (QED) is 0.611. The Bertz CT molecular complexity index is 1170. The Hall–Kier alpha value is -2.96. The Kier molecular flexibility index (Phi) is 6.20. The van der Waals surface area contributed by atoms with Crippen molar-refractivity contribution in [3.63, 3.8) is 0 Å². The first-order valence-electron chi connectivity index (χ1n) is 10.5. The van der Waals surface area contributed by atoms with Crippen molar-refractivity contribution in [1.82, 2.24) is 4.31 Å². The molecular weight excluding hydrogens is 408 g/mol. The standard InChI is InChI=1S/C25H26N2O3S/c1-2-16-31(29,30)27-15-14-21-12-13-24(17-23(21)18-27)26-25(28)22-10-8-20(9-11-22)19-6-4-3-5-7-19/h3-13,17H,2,14-16,18H2,1H3,(H,26,28). The summed E-state index contributed by atoms with van der Waals surface area (Å²) >= 11 is 0. The molecule has 1 aliphatic heterocycles. The van der Waals surface area contributed by atoms with E-state index in [9.17, 15) is 13.2 Å². The van der Waals surface area contributed by atoms with Gasteiger partial charge in [-0.3, -0.25) is 4.79 Å². The molecule has 1 N–H and O–H groups in total. The Morgan fingerprint density at radius 2 is 1.65 bits per heavy atom. The lowest BCUT2D eigenvalue weighted by atomic mass is 10.0. The zero-order valence-corrected chi connectivity index (χ0v) is 18.4. The van der Waals surface area contributed by atoms with Crippen LogP contribution in [0.5, 0.6) is 0 Å². The van der Waals surface area contributed by atoms with Crippen molar-refractivity contribution in [1.29, 1.82) is 0 Å². The summed E-state index contributed by atoms with van der Waals surface area (Å²) in [5.41, 5.74) is 5.48. The van der Waals surface area contributed by atoms with E-state index < -0.39 is 10.0 Å². The predicted molar refractivity (Wildman–Crippen MR) is 124 cm³/mol. The second kappa shape index (κ2) is 9.04. The van der Waals surface area contributed by atoms with Gasteiger partial charge in [0.05, 0.1) is 5.75 Å². The Balaban J connectivity index is 1.47. The van der Waals surface area contributed by atoms with E-state index in [1.54, 1.807) is 4.31 Å². The van der Waals surface area contributed by atoms with E-state index in [2.05, 4.69) is 5.32 Å². The second-order valence-corrected chi connectivity index (χ2v) is 9.87. The Morgan fingerprint density at radius 1 is 0.935 bits per heavy atom. The molecule has 1 heterocycles. The van der Waals surface area contributed by atoms with Crippen molar-refractivity contribution in [3.05, 3.63) is 89.5 Å². The summed E-state index contributed by atoms with van der Waals surface area (Å²) in [6, 6.07) is 23.3. The second-order valence-electron chi connectivity index (χ2n) is 7.78. The fraction of sp³-hybridized carbons (Fsp3) is 0.240. The van der Waals surface area contributed by atoms with Gasteiger partial charge in [-0.2, -0.15) is 4.31 Å². The fourth-order valence-electron chi connectivity index (χ4n) is 3.88. The number of benzene rings is 3. The molecule has 0 bridgehead atoms. The summed E-state index contributed by atoms with van der Waals surface area (Å²) in [6.45, 7) is 2.73. The van der Waals surface area contributed by atoms with Crippen LogP contribution in [0.15, 0.2) is 72.8 Å². The van der Waals surface area contributed by atoms with Gasteiger partial charge in [0, 0.05) is 24.3 Å². The molecule has 0 saturated carbocycles. The van der Waals surface area contributed by atoms with Crippen molar-refractivity contribution in [3.8, 4) is 11.1 Å². The predicted octanol–water partition coefficient (Wildman–Crippen LogP) is 4.70. The summed E-state index contributed by atoms with van der Waals surface area (Å²) in [6.07, 6.45) is 1.29. The number of nitrogens with zero attached hydrogens (tertiary/aromatic N) is 1. The number of amides is 1. The van der Waals surface area contributed by atoms with Crippen LogP contribution in [-0.2, 0) is 23.0 Å². The largest absolute Gasteiger partial charge is 0.322 e. The number of carbonyl (C=O) groups is 1. The highest BCUT2D eigenvalue weighted by atomic mass is 32.2. The number of anilines is 1. The number of hydrogen-bond donors (Lipinski definition) is 1. The van der Waals surface area contributed by atoms with E-state index in [1.165, 1.54) is 0 Å². The summed E-state index contributed by atoms with van der Waals surface area (Å²) < 4.78 is 26.4. The van der Waals surface area contributed by atoms with Crippen molar-refractivity contribution >= 4 is 21.6 Å². The molecule has 0 atom stereocenters. The maximum absolute atomic E-state index is 12.7. The lowest BCUT2D eigenvalue weighted by Gasteiger charge is -2.28. The molecule has 1 aliphatic rings. The summed E-state index contributed by atoms with van der Waals surface area (Å²) in [7, 11) is -3.24. The topological polar surface area (TPSA) is 66.5 Å². The van der Waals surface area contributed by atoms with Gasteiger partial charge in [-0.05, 0) is 59.4 Å². The van der Waals surface area contributed by atoms with Crippen LogP contribution in [0.25, 0.3) is 11.1 Å². The van der Waals surface area contributed by atoms with Crippen LogP contribution in [0.4, 0.5) is 5.69 Å². The Morgan fingerprint density at radius 3 is 2.35 bits per heavy atom. The minimum absolute atomic E-state index is 0.164. The van der Waals surface area contributed by atoms with E-state index in [0.717, 1.165) is 22.3 Å². The molecule has 0 spiro atoms. The molecule has 3 aromatic rings. The summed E-state index contributed by atoms with van der Waals surface area (Å²) in [4.78, 5) is 12.7. The van der Waals surface area contributed by atoms with Gasteiger partial charge in [0.1, 0.15) is 0 Å². The van der Waals surface area contributed by atoms with Crippen LogP contribution in [0.1, 0.15) is 34.8 Å². The van der Waals surface area contributed by atoms with E-state index in [0.29, 0.717) is 37.2 Å². The molecule has 0 unspecified atom stereocenters. The highest BCUT2D eigenvalue weighted by Crippen LogP contribution is 2.25. The first-order valence-corrected chi connectivity index (χ1v) is 12.1. The highest BCUT2D eigenvalue weighted by Gasteiger charge is 2.26. The molecule has 5 nitrogen and oxygen atoms in total. The molecule has 160 valence electrons. The highest BCUT2D eigenvalue weighted by molar-refractivity contribution is 7.89. The number of carbonyl (C=O) groups excluding carboxylic acids is 1. The lowest BCUT2D eigenvalue weighted by molar-refractivity contribution is 0.102. The van der Waals surface area contributed by atoms with Gasteiger partial charge in [0.15, 0.2) is 0 Å². The molecule has 0 saturated heterocycles. The molecule has 0 radical (unpaired) electrons. The Labute approximate surface area is 183 Å². The number of nitrogens with one attached hydrogen (secondary N) is 1. The first-order chi connectivity index (χ1) is 15.0. The van der Waals surface area contributed by atoms with Crippen LogP contribution < -0.4 is 5.32 Å². The molecule has 0 fully saturated rings. The van der Waals surface area contributed by atoms with E-state index in [4.69, 9.17) is 0 Å². The average Bonchev–Trinajstić information content (AvgIpc) is 2.79. The maximum atomic E-state index is 12.7. The maximum Gasteiger partial charge on any atom is 0.255 e. The molecule has 6 heteroatoms. The number of rotatable bonds is 6. The van der Waals surface area contributed by atoms with Crippen molar-refractivity contribution < 1.29 is 13.2 Å². The van der Waals surface area contributed by atoms with Crippen LogP contribution >= 0.6 is 0 Å². The molecule has 31 heavy (non-hydrogen) atoms. The van der Waals surface area contributed by atoms with Gasteiger partial charge in [-0.15, -0.1) is 0 Å². The third-order valence-electron chi connectivity index (χ3n) is 5.55. The molecule has 4 rings (SSSR count). The van der Waals surface area contributed by atoms with E-state index in [-0.39, 0.29) is 11.7 Å². The first kappa shape index (κ1) is 21.3. The normalized spacial score (nSPS) is 14.1. The van der Waals surface area contributed by atoms with Crippen LogP contribution in [0, 0.1) is 0 Å². The number of fused-ring (bicyclic) bond motifs is 1. The number of hydrogen-bond acceptors (Lipinski definition) is 3. The summed E-state index contributed by atoms with van der Waals surface area (Å²) in [5.74, 6) is -0.0246.